The van der Waals surface area contributed by atoms with E-state index < -0.39 is 0 Å². The van der Waals surface area contributed by atoms with E-state index in [2.05, 4.69) is 12.2 Å². The predicted molar refractivity (Wildman–Crippen MR) is 69.7 cm³/mol. The van der Waals surface area contributed by atoms with Crippen molar-refractivity contribution in [3.63, 3.8) is 0 Å². The number of thiophene rings is 1. The van der Waals surface area contributed by atoms with E-state index in [1.165, 1.54) is 4.88 Å². The van der Waals surface area contributed by atoms with Gasteiger partial charge in [0, 0.05) is 30.6 Å². The second-order valence-corrected chi connectivity index (χ2v) is 5.30. The molecule has 1 atom stereocenters. The molecule has 1 aromatic rings. The number of rotatable bonds is 1. The molecule has 5 heteroatoms. The van der Waals surface area contributed by atoms with E-state index in [0.29, 0.717) is 6.04 Å². The minimum absolute atomic E-state index is 0. The number of halogens is 1. The van der Waals surface area contributed by atoms with Crippen molar-refractivity contribution in [3.05, 3.63) is 21.9 Å². The van der Waals surface area contributed by atoms with Crippen molar-refractivity contribution in [2.24, 2.45) is 0 Å². The molecule has 3 nitrogen and oxygen atoms in total. The average molecular weight is 261 g/mol. The van der Waals surface area contributed by atoms with Crippen LogP contribution in [0.3, 0.4) is 0 Å². The number of aryl methyl sites for hydroxylation is 1. The van der Waals surface area contributed by atoms with E-state index >= 15 is 0 Å². The lowest BCUT2D eigenvalue weighted by Gasteiger charge is -2.31. The standard InChI is InChI=1S/C11H16N2OS.ClH/c1-8-7-13(6-5-12-8)11(14)10-4-3-9(2)15-10;/h3-4,8,12H,5-7H2,1-2H3;1H. The van der Waals surface area contributed by atoms with Crippen molar-refractivity contribution in [2.75, 3.05) is 19.6 Å². The molecule has 1 aliphatic rings. The smallest absolute Gasteiger partial charge is 0.264 e. The Morgan fingerprint density at radius 2 is 2.31 bits per heavy atom. The molecular weight excluding hydrogens is 244 g/mol. The molecule has 1 fully saturated rings. The van der Waals surface area contributed by atoms with Crippen LogP contribution in [0.15, 0.2) is 12.1 Å². The Labute approximate surface area is 106 Å². The van der Waals surface area contributed by atoms with Crippen LogP contribution in [-0.2, 0) is 0 Å². The summed E-state index contributed by atoms with van der Waals surface area (Å²) in [5, 5.41) is 3.33. The Bertz CT molecular complexity index is 367. The van der Waals surface area contributed by atoms with E-state index in [4.69, 9.17) is 0 Å². The molecule has 90 valence electrons. The SMILES string of the molecule is Cc1ccc(C(=O)N2CCNC(C)C2)s1.Cl. The van der Waals surface area contributed by atoms with E-state index in [0.717, 1.165) is 24.5 Å². The zero-order valence-electron chi connectivity index (χ0n) is 9.53. The highest BCUT2D eigenvalue weighted by Gasteiger charge is 2.22. The fraction of sp³-hybridized carbons (Fsp3) is 0.545. The summed E-state index contributed by atoms with van der Waals surface area (Å²) in [6.07, 6.45) is 0. The summed E-state index contributed by atoms with van der Waals surface area (Å²) >= 11 is 1.58. The van der Waals surface area contributed by atoms with Gasteiger partial charge in [0.1, 0.15) is 0 Å². The fourth-order valence-corrected chi connectivity index (χ4v) is 2.66. The van der Waals surface area contributed by atoms with Gasteiger partial charge in [-0.2, -0.15) is 0 Å². The summed E-state index contributed by atoms with van der Waals surface area (Å²) in [6.45, 7) is 6.67. The molecule has 16 heavy (non-hydrogen) atoms. The third-order valence-electron chi connectivity index (χ3n) is 2.61. The first kappa shape index (κ1) is 13.5. The minimum atomic E-state index is 0. The maximum Gasteiger partial charge on any atom is 0.264 e. The molecule has 0 saturated carbocycles. The number of piperazine rings is 1. The topological polar surface area (TPSA) is 32.3 Å². The number of nitrogens with zero attached hydrogens (tertiary/aromatic N) is 1. The van der Waals surface area contributed by atoms with Crippen LogP contribution in [0.2, 0.25) is 0 Å². The number of nitrogens with one attached hydrogen (secondary N) is 1. The fourth-order valence-electron chi connectivity index (χ4n) is 1.82. The van der Waals surface area contributed by atoms with Crippen LogP contribution in [0.25, 0.3) is 0 Å². The van der Waals surface area contributed by atoms with Gasteiger partial charge in [-0.25, -0.2) is 0 Å². The molecule has 1 aromatic heterocycles. The zero-order valence-corrected chi connectivity index (χ0v) is 11.2. The quantitative estimate of drug-likeness (QED) is 0.837. The van der Waals surface area contributed by atoms with Gasteiger partial charge in [-0.3, -0.25) is 4.79 Å². The molecule has 1 amide bonds. The lowest BCUT2D eigenvalue weighted by molar-refractivity contribution is 0.0714. The predicted octanol–water partition coefficient (Wildman–Crippen LogP) is 1.91. The van der Waals surface area contributed by atoms with Crippen LogP contribution >= 0.6 is 23.7 Å². The Hall–Kier alpha value is -0.580. The summed E-state index contributed by atoms with van der Waals surface area (Å²) in [5.74, 6) is 0.182. The molecule has 0 spiro atoms. The third kappa shape index (κ3) is 2.97. The Balaban J connectivity index is 0.00000128. The lowest BCUT2D eigenvalue weighted by Crippen LogP contribution is -2.51. The van der Waals surface area contributed by atoms with Gasteiger partial charge in [0.15, 0.2) is 0 Å². The van der Waals surface area contributed by atoms with Gasteiger partial charge in [0.25, 0.3) is 5.91 Å². The normalized spacial score (nSPS) is 20.4. The Morgan fingerprint density at radius 3 is 2.88 bits per heavy atom. The Morgan fingerprint density at radius 1 is 1.56 bits per heavy atom. The second-order valence-electron chi connectivity index (χ2n) is 4.02. The maximum atomic E-state index is 12.1. The molecule has 0 bridgehead atoms. The highest BCUT2D eigenvalue weighted by molar-refractivity contribution is 7.13. The highest BCUT2D eigenvalue weighted by atomic mass is 35.5. The third-order valence-corrected chi connectivity index (χ3v) is 3.60. The van der Waals surface area contributed by atoms with Crippen LogP contribution in [0.5, 0.6) is 0 Å². The summed E-state index contributed by atoms with van der Waals surface area (Å²) < 4.78 is 0. The summed E-state index contributed by atoms with van der Waals surface area (Å²) in [4.78, 5) is 16.1. The van der Waals surface area contributed by atoms with Crippen molar-refractivity contribution in [3.8, 4) is 0 Å². The van der Waals surface area contributed by atoms with Crippen LogP contribution in [-0.4, -0.2) is 36.5 Å². The first-order valence-corrected chi connectivity index (χ1v) is 6.07. The minimum Gasteiger partial charge on any atom is -0.335 e. The van der Waals surface area contributed by atoms with Crippen molar-refractivity contribution in [1.29, 1.82) is 0 Å². The molecule has 1 saturated heterocycles. The van der Waals surface area contributed by atoms with Crippen molar-refractivity contribution >= 4 is 29.7 Å². The molecule has 0 radical (unpaired) electrons. The van der Waals surface area contributed by atoms with E-state index in [9.17, 15) is 4.79 Å². The van der Waals surface area contributed by atoms with Gasteiger partial charge < -0.3 is 10.2 Å². The number of hydrogen-bond acceptors (Lipinski definition) is 3. The summed E-state index contributed by atoms with van der Waals surface area (Å²) in [5.41, 5.74) is 0. The second kappa shape index (κ2) is 5.66. The van der Waals surface area contributed by atoms with Gasteiger partial charge >= 0.3 is 0 Å². The number of hydrogen-bond donors (Lipinski definition) is 1. The number of carbonyl (C=O) groups excluding carboxylic acids is 1. The zero-order chi connectivity index (χ0) is 10.8. The molecule has 2 heterocycles. The molecule has 1 aliphatic heterocycles. The monoisotopic (exact) mass is 260 g/mol. The summed E-state index contributed by atoms with van der Waals surface area (Å²) in [6, 6.07) is 4.34. The molecule has 1 unspecified atom stereocenters. The first-order valence-electron chi connectivity index (χ1n) is 5.26. The maximum absolute atomic E-state index is 12.1. The van der Waals surface area contributed by atoms with Gasteiger partial charge in [-0.15, -0.1) is 23.7 Å². The van der Waals surface area contributed by atoms with E-state index in [-0.39, 0.29) is 18.3 Å². The van der Waals surface area contributed by atoms with Crippen LogP contribution in [0.4, 0.5) is 0 Å². The van der Waals surface area contributed by atoms with Crippen LogP contribution in [0.1, 0.15) is 21.5 Å². The summed E-state index contributed by atoms with van der Waals surface area (Å²) in [7, 11) is 0. The molecule has 2 rings (SSSR count). The van der Waals surface area contributed by atoms with Crippen LogP contribution < -0.4 is 5.32 Å². The lowest BCUT2D eigenvalue weighted by atomic mass is 10.2. The number of carbonyl (C=O) groups is 1. The Kier molecular flexibility index (Phi) is 4.77. The molecule has 0 aliphatic carbocycles. The van der Waals surface area contributed by atoms with E-state index in [1.807, 2.05) is 24.0 Å². The van der Waals surface area contributed by atoms with Gasteiger partial charge in [-0.05, 0) is 26.0 Å². The number of amides is 1. The van der Waals surface area contributed by atoms with Gasteiger partial charge in [0.05, 0.1) is 4.88 Å². The van der Waals surface area contributed by atoms with Gasteiger partial charge in [-0.1, -0.05) is 0 Å². The average Bonchev–Trinajstić information content (AvgIpc) is 2.64. The van der Waals surface area contributed by atoms with Crippen molar-refractivity contribution in [1.82, 2.24) is 10.2 Å². The van der Waals surface area contributed by atoms with Crippen molar-refractivity contribution < 1.29 is 4.79 Å². The van der Waals surface area contributed by atoms with Crippen molar-refractivity contribution in [2.45, 2.75) is 19.9 Å². The highest BCUT2D eigenvalue weighted by Crippen LogP contribution is 2.17. The van der Waals surface area contributed by atoms with Gasteiger partial charge in [0.2, 0.25) is 0 Å². The largest absolute Gasteiger partial charge is 0.335 e. The van der Waals surface area contributed by atoms with Crippen LogP contribution in [0, 0.1) is 6.92 Å². The first-order chi connectivity index (χ1) is 7.16. The molecular formula is C11H17ClN2OS. The molecule has 1 N–H and O–H groups in total. The molecule has 0 aromatic carbocycles. The van der Waals surface area contributed by atoms with E-state index in [1.54, 1.807) is 11.3 Å².